The number of rotatable bonds is 5. The quantitative estimate of drug-likeness (QED) is 0.832. The molecule has 1 atom stereocenters. The van der Waals surface area contributed by atoms with E-state index in [1.807, 2.05) is 0 Å². The van der Waals surface area contributed by atoms with Crippen LogP contribution in [0.1, 0.15) is 17.3 Å². The van der Waals surface area contributed by atoms with Gasteiger partial charge in [0.2, 0.25) is 0 Å². The summed E-state index contributed by atoms with van der Waals surface area (Å²) in [6, 6.07) is 5.27. The molecule has 100 valence electrons. The number of ether oxygens (including phenoxy) is 1. The smallest absolute Gasteiger partial charge is 0.261 e. The Morgan fingerprint density at radius 1 is 1.39 bits per heavy atom. The molecule has 0 saturated carbocycles. The van der Waals surface area contributed by atoms with Gasteiger partial charge in [0, 0.05) is 29.4 Å². The van der Waals surface area contributed by atoms with Gasteiger partial charge in [-0.3, -0.25) is 4.79 Å². The molecule has 1 amide bonds. The molecule has 0 radical (unpaired) electrons. The zero-order valence-electron chi connectivity index (χ0n) is 10.0. The fourth-order valence-corrected chi connectivity index (χ4v) is 2.14. The molecular formula is C11H14ClNO4S. The van der Waals surface area contributed by atoms with E-state index >= 15 is 0 Å². The van der Waals surface area contributed by atoms with Gasteiger partial charge >= 0.3 is 0 Å². The lowest BCUT2D eigenvalue weighted by atomic mass is 10.2. The summed E-state index contributed by atoms with van der Waals surface area (Å²) in [6.07, 6.45) is 0. The molecule has 18 heavy (non-hydrogen) atoms. The molecule has 0 aliphatic rings. The molecule has 1 N–H and O–H groups in total. The van der Waals surface area contributed by atoms with Crippen LogP contribution in [0.2, 0.25) is 0 Å². The van der Waals surface area contributed by atoms with Crippen LogP contribution in [-0.2, 0) is 13.8 Å². The molecule has 0 spiro atoms. The van der Waals surface area contributed by atoms with Gasteiger partial charge in [-0.2, -0.15) is 0 Å². The lowest BCUT2D eigenvalue weighted by Crippen LogP contribution is -2.35. The summed E-state index contributed by atoms with van der Waals surface area (Å²) >= 11 is 0. The molecule has 1 aromatic rings. The van der Waals surface area contributed by atoms with Gasteiger partial charge in [-0.25, -0.2) is 8.42 Å². The standard InChI is InChI=1S/C11H14ClNO4S/c1-8(7-17-2)13-11(14)9-3-5-10(6-4-9)18(12,15)16/h3-6,8H,7H2,1-2H3,(H,13,14). The monoisotopic (exact) mass is 291 g/mol. The van der Waals surface area contributed by atoms with Gasteiger partial charge < -0.3 is 10.1 Å². The molecule has 0 saturated heterocycles. The van der Waals surface area contributed by atoms with Crippen LogP contribution in [0.15, 0.2) is 29.2 Å². The highest BCUT2D eigenvalue weighted by atomic mass is 35.7. The third-order valence-corrected chi connectivity index (χ3v) is 3.56. The minimum Gasteiger partial charge on any atom is -0.383 e. The van der Waals surface area contributed by atoms with Gasteiger partial charge in [-0.05, 0) is 31.2 Å². The molecule has 7 heteroatoms. The van der Waals surface area contributed by atoms with Crippen molar-refractivity contribution in [3.8, 4) is 0 Å². The summed E-state index contributed by atoms with van der Waals surface area (Å²) < 4.78 is 26.9. The number of halogens is 1. The summed E-state index contributed by atoms with van der Waals surface area (Å²) in [5, 5.41) is 2.71. The van der Waals surface area contributed by atoms with Crippen molar-refractivity contribution >= 4 is 25.6 Å². The maximum Gasteiger partial charge on any atom is 0.261 e. The molecule has 0 aromatic heterocycles. The predicted molar refractivity (Wildman–Crippen MR) is 68.3 cm³/mol. The third-order valence-electron chi connectivity index (χ3n) is 2.19. The Morgan fingerprint density at radius 2 is 1.94 bits per heavy atom. The molecule has 1 unspecified atom stereocenters. The van der Waals surface area contributed by atoms with Gasteiger partial charge in [0.1, 0.15) is 0 Å². The molecule has 0 aliphatic carbocycles. The summed E-state index contributed by atoms with van der Waals surface area (Å²) in [5.74, 6) is -0.293. The van der Waals surface area contributed by atoms with Gasteiger partial charge in [-0.1, -0.05) is 0 Å². The number of hydrogen-bond acceptors (Lipinski definition) is 4. The number of benzene rings is 1. The van der Waals surface area contributed by atoms with E-state index in [1.54, 1.807) is 14.0 Å². The van der Waals surface area contributed by atoms with Crippen molar-refractivity contribution in [2.75, 3.05) is 13.7 Å². The summed E-state index contributed by atoms with van der Waals surface area (Å²) in [5.41, 5.74) is 0.363. The topological polar surface area (TPSA) is 72.5 Å². The Balaban J connectivity index is 2.77. The summed E-state index contributed by atoms with van der Waals surface area (Å²) in [4.78, 5) is 11.7. The Morgan fingerprint density at radius 3 is 2.39 bits per heavy atom. The second-order valence-electron chi connectivity index (χ2n) is 3.79. The second-order valence-corrected chi connectivity index (χ2v) is 6.36. The van der Waals surface area contributed by atoms with Crippen LogP contribution in [0.4, 0.5) is 0 Å². The molecule has 0 heterocycles. The van der Waals surface area contributed by atoms with Gasteiger partial charge in [0.15, 0.2) is 0 Å². The molecule has 1 aromatic carbocycles. The van der Waals surface area contributed by atoms with Crippen LogP contribution >= 0.6 is 10.7 Å². The highest BCUT2D eigenvalue weighted by Crippen LogP contribution is 2.15. The first-order chi connectivity index (χ1) is 8.34. The number of nitrogens with one attached hydrogen (secondary N) is 1. The first-order valence-corrected chi connectivity index (χ1v) is 7.50. The van der Waals surface area contributed by atoms with Crippen LogP contribution in [0, 0.1) is 0 Å². The fourth-order valence-electron chi connectivity index (χ4n) is 1.37. The first-order valence-electron chi connectivity index (χ1n) is 5.19. The number of methoxy groups -OCH3 is 1. The molecular weight excluding hydrogens is 278 g/mol. The van der Waals surface area contributed by atoms with Crippen molar-refractivity contribution in [3.05, 3.63) is 29.8 Å². The fraction of sp³-hybridized carbons (Fsp3) is 0.364. The number of amides is 1. The van der Waals surface area contributed by atoms with Crippen molar-refractivity contribution in [2.45, 2.75) is 17.9 Å². The highest BCUT2D eigenvalue weighted by Gasteiger charge is 2.13. The largest absolute Gasteiger partial charge is 0.383 e. The van der Waals surface area contributed by atoms with Gasteiger partial charge in [0.25, 0.3) is 15.0 Å². The zero-order valence-corrected chi connectivity index (χ0v) is 11.6. The maximum absolute atomic E-state index is 11.7. The van der Waals surface area contributed by atoms with E-state index in [0.29, 0.717) is 12.2 Å². The van der Waals surface area contributed by atoms with Crippen molar-refractivity contribution in [2.24, 2.45) is 0 Å². The van der Waals surface area contributed by atoms with Crippen LogP contribution < -0.4 is 5.32 Å². The molecule has 0 bridgehead atoms. The minimum absolute atomic E-state index is 0.0364. The average Bonchev–Trinajstić information content (AvgIpc) is 2.28. The van der Waals surface area contributed by atoms with Crippen LogP contribution in [0.25, 0.3) is 0 Å². The number of carbonyl (C=O) groups is 1. The Kier molecular flexibility index (Phi) is 5.13. The van der Waals surface area contributed by atoms with E-state index in [2.05, 4.69) is 5.32 Å². The van der Waals surface area contributed by atoms with E-state index in [-0.39, 0.29) is 16.8 Å². The van der Waals surface area contributed by atoms with E-state index in [1.165, 1.54) is 24.3 Å². The minimum atomic E-state index is -3.76. The van der Waals surface area contributed by atoms with Crippen molar-refractivity contribution in [1.29, 1.82) is 0 Å². The summed E-state index contributed by atoms with van der Waals surface area (Å²) in [6.45, 7) is 2.21. The number of carbonyl (C=O) groups excluding carboxylic acids is 1. The lowest BCUT2D eigenvalue weighted by molar-refractivity contribution is 0.0905. The van der Waals surface area contributed by atoms with Crippen molar-refractivity contribution in [3.63, 3.8) is 0 Å². The van der Waals surface area contributed by atoms with E-state index in [9.17, 15) is 13.2 Å². The highest BCUT2D eigenvalue weighted by molar-refractivity contribution is 8.13. The average molecular weight is 292 g/mol. The maximum atomic E-state index is 11.7. The molecule has 0 fully saturated rings. The van der Waals surface area contributed by atoms with E-state index in [4.69, 9.17) is 15.4 Å². The summed E-state index contributed by atoms with van der Waals surface area (Å²) in [7, 11) is 2.96. The normalized spacial score (nSPS) is 13.1. The Labute approximate surface area is 111 Å². The SMILES string of the molecule is COCC(C)NC(=O)c1ccc(S(=O)(=O)Cl)cc1. The molecule has 5 nitrogen and oxygen atoms in total. The Hall–Kier alpha value is -1.11. The Bertz CT molecular complexity index is 512. The lowest BCUT2D eigenvalue weighted by Gasteiger charge is -2.12. The van der Waals surface area contributed by atoms with E-state index in [0.717, 1.165) is 0 Å². The van der Waals surface area contributed by atoms with Crippen LogP contribution in [0.3, 0.4) is 0 Å². The number of hydrogen-bond donors (Lipinski definition) is 1. The third kappa shape index (κ3) is 4.29. The van der Waals surface area contributed by atoms with Crippen LogP contribution in [-0.4, -0.2) is 34.1 Å². The zero-order chi connectivity index (χ0) is 13.8. The first kappa shape index (κ1) is 14.9. The van der Waals surface area contributed by atoms with Crippen molar-refractivity contribution < 1.29 is 17.9 Å². The van der Waals surface area contributed by atoms with E-state index < -0.39 is 9.05 Å². The van der Waals surface area contributed by atoms with Crippen molar-refractivity contribution in [1.82, 2.24) is 5.32 Å². The molecule has 0 aliphatic heterocycles. The van der Waals surface area contributed by atoms with Gasteiger partial charge in [-0.15, -0.1) is 0 Å². The molecule has 1 rings (SSSR count). The second kappa shape index (κ2) is 6.17. The van der Waals surface area contributed by atoms with Crippen LogP contribution in [0.5, 0.6) is 0 Å². The van der Waals surface area contributed by atoms with Gasteiger partial charge in [0.05, 0.1) is 11.5 Å². The predicted octanol–water partition coefficient (Wildman–Crippen LogP) is 1.38.